The second kappa shape index (κ2) is 10.1. The Morgan fingerprint density at radius 3 is 2.78 bits per heavy atom. The van der Waals surface area contributed by atoms with E-state index in [9.17, 15) is 19.6 Å². The number of tetrazole rings is 1. The molecule has 0 aliphatic carbocycles. The van der Waals surface area contributed by atoms with Crippen molar-refractivity contribution in [2.45, 2.75) is 64.1 Å². The minimum absolute atomic E-state index is 0.00814. The molecule has 2 aliphatic rings. The van der Waals surface area contributed by atoms with Crippen molar-refractivity contribution >= 4 is 18.4 Å². The smallest absolute Gasteiger partial charge is 0.368 e. The molecule has 3 N–H and O–H groups in total. The predicted octanol–water partition coefficient (Wildman–Crippen LogP) is 2.03. The second-order valence-corrected chi connectivity index (χ2v) is 10.0. The van der Waals surface area contributed by atoms with Gasteiger partial charge in [-0.25, -0.2) is 14.2 Å². The molecule has 3 heterocycles. The third-order valence-corrected chi connectivity index (χ3v) is 6.95. The van der Waals surface area contributed by atoms with Gasteiger partial charge in [0.25, 0.3) is 0 Å². The number of nitriles is 1. The van der Waals surface area contributed by atoms with Crippen molar-refractivity contribution in [1.82, 2.24) is 30.0 Å². The quantitative estimate of drug-likeness (QED) is 0.239. The third kappa shape index (κ3) is 5.24. The van der Waals surface area contributed by atoms with Gasteiger partial charge in [0.2, 0.25) is 5.96 Å². The van der Waals surface area contributed by atoms with Crippen molar-refractivity contribution in [2.24, 2.45) is 17.0 Å². The number of halogens is 1. The van der Waals surface area contributed by atoms with Crippen molar-refractivity contribution in [2.75, 3.05) is 11.9 Å². The second-order valence-electron chi connectivity index (χ2n) is 10.0. The standard InChI is InChI=1S/C24H31FN10O2/c1-14(13-26)21(28-15-9-16-7-6-8-34(16)24(2,3)12-15)30-22(27-4)29-18-11-19(20(36)10-17(18)25)35-23(37)33(5)31-32-35/h10-11,15-16,28,36H,4,6-9,12H2,1-3,5H3,(H,29,30)/b21-14+/t15-,16+/m1/s1. The number of aromatic hydroxyl groups is 1. The van der Waals surface area contributed by atoms with Gasteiger partial charge in [-0.1, -0.05) is 0 Å². The number of aliphatic imine (C=N–C) groups is 2. The van der Waals surface area contributed by atoms with Crippen LogP contribution in [0.5, 0.6) is 5.75 Å². The SMILES string of the molecule is C=N/C(=N\C(N[C@@H]1C[C@@H]2CCCN2C(C)(C)C1)=C(/C)C#N)Nc1cc(-n2nnn(C)c2=O)c(O)cc1F. The zero-order valence-corrected chi connectivity index (χ0v) is 21.4. The highest BCUT2D eigenvalue weighted by molar-refractivity contribution is 5.97. The molecule has 0 radical (unpaired) electrons. The lowest BCUT2D eigenvalue weighted by Crippen LogP contribution is -2.56. The largest absolute Gasteiger partial charge is 0.506 e. The topological polar surface area (TPSA) is 149 Å². The monoisotopic (exact) mass is 510 g/mol. The summed E-state index contributed by atoms with van der Waals surface area (Å²) >= 11 is 0. The molecule has 2 atom stereocenters. The maximum atomic E-state index is 14.7. The molecule has 0 unspecified atom stereocenters. The average Bonchev–Trinajstić information content (AvgIpc) is 3.46. The molecule has 4 rings (SSSR count). The van der Waals surface area contributed by atoms with Crippen molar-refractivity contribution < 1.29 is 9.50 Å². The number of hydrogen-bond donors (Lipinski definition) is 3. The molecular weight excluding hydrogens is 479 g/mol. The van der Waals surface area contributed by atoms with E-state index in [2.05, 4.69) is 62.6 Å². The maximum absolute atomic E-state index is 14.7. The van der Waals surface area contributed by atoms with Gasteiger partial charge in [0.15, 0.2) is 5.82 Å². The van der Waals surface area contributed by atoms with E-state index in [0.29, 0.717) is 17.4 Å². The Hall–Kier alpha value is -4.05. The molecule has 0 amide bonds. The molecular formula is C24H31FN10O2. The summed E-state index contributed by atoms with van der Waals surface area (Å²) in [6.45, 7) is 10.7. The van der Waals surface area contributed by atoms with Gasteiger partial charge in [-0.3, -0.25) is 4.90 Å². The summed E-state index contributed by atoms with van der Waals surface area (Å²) in [6.07, 6.45) is 4.11. The van der Waals surface area contributed by atoms with Crippen molar-refractivity contribution in [3.8, 4) is 17.5 Å². The van der Waals surface area contributed by atoms with Gasteiger partial charge in [0.1, 0.15) is 17.3 Å². The first-order valence-electron chi connectivity index (χ1n) is 12.0. The number of hydrogen-bond acceptors (Lipinski definition) is 8. The number of aromatic nitrogens is 4. The highest BCUT2D eigenvalue weighted by atomic mass is 19.1. The zero-order chi connectivity index (χ0) is 26.9. The molecule has 37 heavy (non-hydrogen) atoms. The summed E-state index contributed by atoms with van der Waals surface area (Å²) < 4.78 is 16.5. The third-order valence-electron chi connectivity index (χ3n) is 6.95. The number of phenolic OH excluding ortho intramolecular Hbond substituents is 1. The summed E-state index contributed by atoms with van der Waals surface area (Å²) in [6, 6.07) is 4.70. The molecule has 0 spiro atoms. The van der Waals surface area contributed by atoms with Crippen LogP contribution in [0.4, 0.5) is 10.1 Å². The van der Waals surface area contributed by atoms with Gasteiger partial charge in [-0.15, -0.1) is 0 Å². The summed E-state index contributed by atoms with van der Waals surface area (Å²) in [5, 5.41) is 33.2. The molecule has 2 saturated heterocycles. The van der Waals surface area contributed by atoms with E-state index in [-0.39, 0.29) is 28.9 Å². The van der Waals surface area contributed by atoms with Crippen LogP contribution >= 0.6 is 0 Å². The van der Waals surface area contributed by atoms with E-state index < -0.39 is 17.3 Å². The number of allylic oxidation sites excluding steroid dienone is 1. The van der Waals surface area contributed by atoms with Gasteiger partial charge in [0.05, 0.1) is 17.3 Å². The molecule has 1 aromatic heterocycles. The zero-order valence-electron chi connectivity index (χ0n) is 21.4. The Balaban J connectivity index is 1.62. The lowest BCUT2D eigenvalue weighted by atomic mass is 9.84. The van der Waals surface area contributed by atoms with Crippen molar-refractivity contribution in [3.05, 3.63) is 39.8 Å². The normalized spacial score (nSPS) is 22.1. The average molecular weight is 511 g/mol. The Morgan fingerprint density at radius 2 is 2.14 bits per heavy atom. The van der Waals surface area contributed by atoms with Gasteiger partial charge in [-0.2, -0.15) is 19.6 Å². The Morgan fingerprint density at radius 1 is 1.38 bits per heavy atom. The molecule has 1 aromatic carbocycles. The van der Waals surface area contributed by atoms with Crippen LogP contribution in [0.15, 0.2) is 38.3 Å². The van der Waals surface area contributed by atoms with Crippen LogP contribution in [-0.4, -0.2) is 66.6 Å². The van der Waals surface area contributed by atoms with E-state index in [1.54, 1.807) is 6.92 Å². The molecule has 0 saturated carbocycles. The molecule has 0 bridgehead atoms. The van der Waals surface area contributed by atoms with Crippen molar-refractivity contribution in [1.29, 1.82) is 5.26 Å². The fourth-order valence-electron chi connectivity index (χ4n) is 5.20. The first-order valence-corrected chi connectivity index (χ1v) is 12.0. The first-order chi connectivity index (χ1) is 17.5. The number of rotatable bonds is 5. The van der Waals surface area contributed by atoms with E-state index in [4.69, 9.17) is 0 Å². The van der Waals surface area contributed by atoms with E-state index in [0.717, 1.165) is 41.2 Å². The highest BCUT2D eigenvalue weighted by Crippen LogP contribution is 2.38. The lowest BCUT2D eigenvalue weighted by molar-refractivity contribution is 0.0399. The lowest BCUT2D eigenvalue weighted by Gasteiger charge is -2.48. The Bertz CT molecular complexity index is 1370. The van der Waals surface area contributed by atoms with E-state index in [1.807, 2.05) is 0 Å². The number of fused-ring (bicyclic) bond motifs is 1. The van der Waals surface area contributed by atoms with Crippen molar-refractivity contribution in [3.63, 3.8) is 0 Å². The fraction of sp³-hybridized carbons (Fsp3) is 0.500. The van der Waals surface area contributed by atoms with Crippen LogP contribution < -0.4 is 16.3 Å². The summed E-state index contributed by atoms with van der Waals surface area (Å²) in [5.41, 5.74) is -0.496. The van der Waals surface area contributed by atoms with Gasteiger partial charge in [-0.05, 0) is 76.2 Å². The first kappa shape index (κ1) is 26.0. The minimum atomic E-state index is -0.819. The summed E-state index contributed by atoms with van der Waals surface area (Å²) in [7, 11) is 1.40. The summed E-state index contributed by atoms with van der Waals surface area (Å²) in [5.74, 6) is -1.08. The van der Waals surface area contributed by atoms with E-state index in [1.165, 1.54) is 19.5 Å². The predicted molar refractivity (Wildman–Crippen MR) is 137 cm³/mol. The number of nitrogens with zero attached hydrogens (tertiary/aromatic N) is 8. The number of piperidine rings is 1. The number of benzene rings is 1. The summed E-state index contributed by atoms with van der Waals surface area (Å²) in [4.78, 5) is 23.1. The fourth-order valence-corrected chi connectivity index (χ4v) is 5.20. The van der Waals surface area contributed by atoms with Crippen LogP contribution in [0.2, 0.25) is 0 Å². The number of nitrogens with one attached hydrogen (secondary N) is 2. The molecule has 2 fully saturated rings. The number of guanidine groups is 1. The molecule has 13 heteroatoms. The maximum Gasteiger partial charge on any atom is 0.368 e. The van der Waals surface area contributed by atoms with Crippen LogP contribution in [0, 0.1) is 17.1 Å². The number of anilines is 1. The van der Waals surface area contributed by atoms with E-state index >= 15 is 0 Å². The van der Waals surface area contributed by atoms with Crippen LogP contribution in [0.3, 0.4) is 0 Å². The molecule has 2 aromatic rings. The molecule has 12 nitrogen and oxygen atoms in total. The van der Waals surface area contributed by atoms with Crippen LogP contribution in [0.25, 0.3) is 5.69 Å². The van der Waals surface area contributed by atoms with Crippen LogP contribution in [-0.2, 0) is 7.05 Å². The number of aryl methyl sites for hydroxylation is 1. The Labute approximate surface area is 213 Å². The van der Waals surface area contributed by atoms with Gasteiger partial charge < -0.3 is 15.7 Å². The number of phenols is 1. The van der Waals surface area contributed by atoms with Crippen LogP contribution in [0.1, 0.15) is 46.5 Å². The Kier molecular flexibility index (Phi) is 7.13. The van der Waals surface area contributed by atoms with Gasteiger partial charge in [0, 0.05) is 30.7 Å². The highest BCUT2D eigenvalue weighted by Gasteiger charge is 2.43. The molecule has 2 aliphatic heterocycles. The molecule has 196 valence electrons. The van der Waals surface area contributed by atoms with Gasteiger partial charge >= 0.3 is 5.69 Å². The minimum Gasteiger partial charge on any atom is -0.506 e.